The lowest BCUT2D eigenvalue weighted by molar-refractivity contribution is 0.145. The van der Waals surface area contributed by atoms with Gasteiger partial charge in [0.15, 0.2) is 0 Å². The van der Waals surface area contributed by atoms with Gasteiger partial charge in [-0.05, 0) is 0 Å². The second-order valence-electron chi connectivity index (χ2n) is 2.23. The highest BCUT2D eigenvalue weighted by Gasteiger charge is 2.14. The Morgan fingerprint density at radius 3 is 2.77 bits per heavy atom. The van der Waals surface area contributed by atoms with Gasteiger partial charge in [-0.15, -0.1) is 0 Å². The largest absolute Gasteiger partial charge is 0.289 e. The lowest BCUT2D eigenvalue weighted by atomic mass is 10.4. The monoisotopic (exact) mass is 211 g/mol. The molecule has 1 aromatic rings. The van der Waals surface area contributed by atoms with Crippen LogP contribution in [0.4, 0.5) is 14.6 Å². The Morgan fingerprint density at radius 2 is 2.38 bits per heavy atom. The zero-order valence-corrected chi connectivity index (χ0v) is 7.39. The average Bonchev–Trinajstić information content (AvgIpc) is 2.31. The summed E-state index contributed by atoms with van der Waals surface area (Å²) in [5.74, 6) is 0.0659. The van der Waals surface area contributed by atoms with Crippen molar-refractivity contribution in [1.29, 1.82) is 0 Å². The summed E-state index contributed by atoms with van der Waals surface area (Å²) in [5.41, 5.74) is -0.435. The Morgan fingerprint density at radius 1 is 1.77 bits per heavy atom. The maximum Gasteiger partial charge on any atom is 0.282 e. The van der Waals surface area contributed by atoms with Crippen LogP contribution in [0.1, 0.15) is 12.1 Å². The van der Waals surface area contributed by atoms with Crippen LogP contribution < -0.4 is 4.72 Å². The first kappa shape index (κ1) is 10.1. The van der Waals surface area contributed by atoms with Gasteiger partial charge in [0.25, 0.3) is 17.7 Å². The molecule has 0 aliphatic heterocycles. The molecular formula is C5H7F2N3O2S. The molecule has 74 valence electrons. The van der Waals surface area contributed by atoms with Crippen LogP contribution in [0.15, 0.2) is 6.07 Å². The molecule has 5 nitrogen and oxygen atoms in total. The second kappa shape index (κ2) is 3.79. The van der Waals surface area contributed by atoms with Gasteiger partial charge in [0.1, 0.15) is 11.5 Å². The highest BCUT2D eigenvalue weighted by atomic mass is 32.2. The number of hydrogen-bond donors (Lipinski definition) is 2. The summed E-state index contributed by atoms with van der Waals surface area (Å²) in [6.07, 6.45) is -2.69. The molecule has 13 heavy (non-hydrogen) atoms. The second-order valence-corrected chi connectivity index (χ2v) is 2.93. The molecule has 1 atom stereocenters. The fourth-order valence-corrected chi connectivity index (χ4v) is 1.15. The number of alkyl halides is 2. The molecule has 1 heterocycles. The van der Waals surface area contributed by atoms with E-state index in [0.29, 0.717) is 0 Å². The number of hydrogen-bond acceptors (Lipinski definition) is 2. The Bertz CT molecular complexity index is 328. The minimum Gasteiger partial charge on any atom is -0.289 e. The topological polar surface area (TPSA) is 67.2 Å². The van der Waals surface area contributed by atoms with Gasteiger partial charge in [-0.3, -0.25) is 14.0 Å². The number of rotatable bonds is 3. The first-order valence-electron chi connectivity index (χ1n) is 3.20. The molecule has 0 aliphatic carbocycles. The summed E-state index contributed by atoms with van der Waals surface area (Å²) >= 11 is -2.28. The molecular weight excluding hydrogens is 204 g/mol. The van der Waals surface area contributed by atoms with E-state index in [1.54, 1.807) is 0 Å². The smallest absolute Gasteiger partial charge is 0.282 e. The molecule has 2 N–H and O–H groups in total. The minimum atomic E-state index is -2.69. The highest BCUT2D eigenvalue weighted by Crippen LogP contribution is 2.20. The van der Waals surface area contributed by atoms with Gasteiger partial charge in [-0.1, -0.05) is 0 Å². The van der Waals surface area contributed by atoms with Crippen LogP contribution in [-0.2, 0) is 18.3 Å². The number of nitrogens with one attached hydrogen (secondary N) is 1. The standard InChI is InChI=1S/C5H7F2N3O2S/c1-10-4(9-13(11)12)2-3(8-10)5(6)7/h2,5,9H,1H3,(H,11,12). The predicted molar refractivity (Wildman–Crippen MR) is 42.6 cm³/mol. The third-order valence-corrected chi connectivity index (χ3v) is 1.70. The van der Waals surface area contributed by atoms with Gasteiger partial charge in [0, 0.05) is 13.1 Å². The average molecular weight is 211 g/mol. The minimum absolute atomic E-state index is 0.0659. The van der Waals surface area contributed by atoms with Gasteiger partial charge >= 0.3 is 0 Å². The SMILES string of the molecule is Cn1nc(C(F)F)cc1NS(=O)O. The molecule has 1 rings (SSSR count). The van der Waals surface area contributed by atoms with Gasteiger partial charge in [0.2, 0.25) is 0 Å². The first-order chi connectivity index (χ1) is 6.00. The van der Waals surface area contributed by atoms with Gasteiger partial charge in [-0.2, -0.15) is 5.10 Å². The molecule has 0 fully saturated rings. The zero-order valence-electron chi connectivity index (χ0n) is 6.57. The molecule has 0 spiro atoms. The maximum absolute atomic E-state index is 12.1. The van der Waals surface area contributed by atoms with E-state index >= 15 is 0 Å². The van der Waals surface area contributed by atoms with Crippen LogP contribution in [-0.4, -0.2) is 18.5 Å². The maximum atomic E-state index is 12.1. The third kappa shape index (κ3) is 2.46. The third-order valence-electron chi connectivity index (χ3n) is 1.31. The number of aromatic nitrogens is 2. The summed E-state index contributed by atoms with van der Waals surface area (Å²) in [4.78, 5) is 0. The van der Waals surface area contributed by atoms with E-state index in [0.717, 1.165) is 10.7 Å². The normalized spacial score (nSPS) is 13.3. The van der Waals surface area contributed by atoms with E-state index in [-0.39, 0.29) is 5.82 Å². The molecule has 0 saturated carbocycles. The molecule has 0 saturated heterocycles. The number of anilines is 1. The number of aryl methyl sites for hydroxylation is 1. The molecule has 1 aromatic heterocycles. The van der Waals surface area contributed by atoms with E-state index < -0.39 is 23.4 Å². The van der Waals surface area contributed by atoms with Crippen LogP contribution in [0.25, 0.3) is 0 Å². The summed E-state index contributed by atoms with van der Waals surface area (Å²) in [6.45, 7) is 0. The Hall–Kier alpha value is -1.02. The van der Waals surface area contributed by atoms with Crippen LogP contribution >= 0.6 is 0 Å². The number of nitrogens with zero attached hydrogens (tertiary/aromatic N) is 2. The molecule has 0 radical (unpaired) electrons. The van der Waals surface area contributed by atoms with Crippen molar-refractivity contribution in [3.63, 3.8) is 0 Å². The van der Waals surface area contributed by atoms with Crippen molar-refractivity contribution in [2.24, 2.45) is 7.05 Å². The first-order valence-corrected chi connectivity index (χ1v) is 4.31. The van der Waals surface area contributed by atoms with Crippen molar-refractivity contribution in [3.8, 4) is 0 Å². The van der Waals surface area contributed by atoms with Crippen LogP contribution in [0.5, 0.6) is 0 Å². The molecule has 8 heteroatoms. The highest BCUT2D eigenvalue weighted by molar-refractivity contribution is 7.80. The predicted octanol–water partition coefficient (Wildman–Crippen LogP) is 0.906. The van der Waals surface area contributed by atoms with E-state index in [1.165, 1.54) is 7.05 Å². The van der Waals surface area contributed by atoms with E-state index in [1.807, 2.05) is 4.72 Å². The van der Waals surface area contributed by atoms with Gasteiger partial charge < -0.3 is 0 Å². The summed E-state index contributed by atoms with van der Waals surface area (Å²) < 4.78 is 45.9. The molecule has 0 bridgehead atoms. The lowest BCUT2D eigenvalue weighted by Crippen LogP contribution is -2.06. The molecule has 1 unspecified atom stereocenters. The van der Waals surface area contributed by atoms with Crippen LogP contribution in [0.2, 0.25) is 0 Å². The van der Waals surface area contributed by atoms with Gasteiger partial charge in [-0.25, -0.2) is 13.0 Å². The fraction of sp³-hybridized carbons (Fsp3) is 0.400. The van der Waals surface area contributed by atoms with Crippen molar-refractivity contribution in [2.75, 3.05) is 4.72 Å². The molecule has 0 amide bonds. The quantitative estimate of drug-likeness (QED) is 0.730. The molecule has 0 aromatic carbocycles. The number of halogens is 2. The Labute approximate surface area is 75.2 Å². The van der Waals surface area contributed by atoms with Crippen molar-refractivity contribution < 1.29 is 17.5 Å². The lowest BCUT2D eigenvalue weighted by Gasteiger charge is -1.98. The van der Waals surface area contributed by atoms with Crippen molar-refractivity contribution >= 4 is 17.1 Å². The van der Waals surface area contributed by atoms with E-state index in [2.05, 4.69) is 5.10 Å². The Balaban J connectivity index is 2.89. The fourth-order valence-electron chi connectivity index (χ4n) is 0.781. The van der Waals surface area contributed by atoms with Gasteiger partial charge in [0.05, 0.1) is 0 Å². The summed E-state index contributed by atoms with van der Waals surface area (Å²) in [7, 11) is 1.39. The molecule has 0 aliphatic rings. The van der Waals surface area contributed by atoms with Crippen molar-refractivity contribution in [3.05, 3.63) is 11.8 Å². The summed E-state index contributed by atoms with van der Waals surface area (Å²) in [5, 5.41) is 3.42. The zero-order chi connectivity index (χ0) is 10.0. The summed E-state index contributed by atoms with van der Waals surface area (Å²) in [6, 6.07) is 1.01. The van der Waals surface area contributed by atoms with Crippen LogP contribution in [0.3, 0.4) is 0 Å². The van der Waals surface area contributed by atoms with Crippen molar-refractivity contribution in [1.82, 2.24) is 9.78 Å². The van der Waals surface area contributed by atoms with Crippen molar-refractivity contribution in [2.45, 2.75) is 6.43 Å². The van der Waals surface area contributed by atoms with E-state index in [9.17, 15) is 13.0 Å². The Kier molecular flexibility index (Phi) is 2.94. The van der Waals surface area contributed by atoms with Crippen LogP contribution in [0, 0.1) is 0 Å². The van der Waals surface area contributed by atoms with E-state index in [4.69, 9.17) is 4.55 Å².